The van der Waals surface area contributed by atoms with Gasteiger partial charge in [0.1, 0.15) is 6.54 Å². The van der Waals surface area contributed by atoms with E-state index >= 15 is 0 Å². The number of esters is 1. The summed E-state index contributed by atoms with van der Waals surface area (Å²) >= 11 is 0. The summed E-state index contributed by atoms with van der Waals surface area (Å²) < 4.78 is 30.3. The Bertz CT molecular complexity index is 539. The van der Waals surface area contributed by atoms with Gasteiger partial charge in [-0.2, -0.15) is 4.91 Å². The lowest BCUT2D eigenvalue weighted by Crippen LogP contribution is -2.26. The monoisotopic (exact) mass is 286 g/mol. The summed E-state index contributed by atoms with van der Waals surface area (Å²) in [5.74, 6) is -0.491. The van der Waals surface area contributed by atoms with E-state index < -0.39 is 16.0 Å². The molecule has 0 heterocycles. The zero-order valence-corrected chi connectivity index (χ0v) is 11.1. The molecular weight excluding hydrogens is 272 g/mol. The molecule has 0 saturated heterocycles. The van der Waals surface area contributed by atoms with Crippen LogP contribution in [0.5, 0.6) is 0 Å². The molecule has 19 heavy (non-hydrogen) atoms. The maximum Gasteiger partial charge on any atom is 0.306 e. The van der Waals surface area contributed by atoms with Crippen molar-refractivity contribution in [1.29, 1.82) is 0 Å². The van der Waals surface area contributed by atoms with E-state index in [0.29, 0.717) is 5.56 Å². The molecule has 1 N–H and O–H groups in total. The number of hydrogen-bond acceptors (Lipinski definition) is 6. The van der Waals surface area contributed by atoms with E-state index in [1.807, 2.05) is 0 Å². The summed E-state index contributed by atoms with van der Waals surface area (Å²) in [5, 5.41) is 2.71. The number of hydrogen-bond donors (Lipinski definition) is 1. The van der Waals surface area contributed by atoms with Crippen molar-refractivity contribution in [1.82, 2.24) is 4.72 Å². The minimum atomic E-state index is -3.66. The topological polar surface area (TPSA) is 102 Å². The van der Waals surface area contributed by atoms with E-state index in [9.17, 15) is 18.1 Å². The van der Waals surface area contributed by atoms with Gasteiger partial charge >= 0.3 is 5.97 Å². The van der Waals surface area contributed by atoms with Gasteiger partial charge in [-0.25, -0.2) is 13.1 Å². The standard InChI is InChI=1S/C11H14N2O5S/c1-18-11(14)6-7-13-19(16,17)10-4-2-9(3-5-10)8-12-15/h2-5,13H,6-8H2,1H3. The van der Waals surface area contributed by atoms with Crippen LogP contribution in [-0.4, -0.2) is 28.0 Å². The van der Waals surface area contributed by atoms with Gasteiger partial charge in [0.15, 0.2) is 0 Å². The lowest BCUT2D eigenvalue weighted by atomic mass is 10.2. The molecule has 0 aliphatic rings. The first kappa shape index (κ1) is 15.3. The van der Waals surface area contributed by atoms with Gasteiger partial charge in [0, 0.05) is 6.54 Å². The van der Waals surface area contributed by atoms with Crippen LogP contribution in [0.1, 0.15) is 12.0 Å². The minimum Gasteiger partial charge on any atom is -0.469 e. The van der Waals surface area contributed by atoms with Crippen molar-refractivity contribution in [2.45, 2.75) is 17.9 Å². The zero-order chi connectivity index (χ0) is 14.3. The summed E-state index contributed by atoms with van der Waals surface area (Å²) in [7, 11) is -2.43. The molecule has 0 amide bonds. The van der Waals surface area contributed by atoms with Crippen molar-refractivity contribution in [3.8, 4) is 0 Å². The number of nitroso groups, excluding NO2 is 1. The van der Waals surface area contributed by atoms with E-state index in [1.165, 1.54) is 31.4 Å². The average molecular weight is 286 g/mol. The number of nitrogens with one attached hydrogen (secondary N) is 1. The molecule has 0 fully saturated rings. The minimum absolute atomic E-state index is 0.00387. The average Bonchev–Trinajstić information content (AvgIpc) is 2.39. The maximum absolute atomic E-state index is 11.8. The molecule has 0 bridgehead atoms. The predicted octanol–water partition coefficient (Wildman–Crippen LogP) is 0.794. The molecule has 0 spiro atoms. The second-order valence-electron chi connectivity index (χ2n) is 3.66. The maximum atomic E-state index is 11.8. The van der Waals surface area contributed by atoms with Gasteiger partial charge in [0.2, 0.25) is 10.0 Å². The highest BCUT2D eigenvalue weighted by Gasteiger charge is 2.14. The van der Waals surface area contributed by atoms with E-state index in [0.717, 1.165) is 0 Å². The molecule has 0 aliphatic heterocycles. The number of methoxy groups -OCH3 is 1. The second kappa shape index (κ2) is 6.95. The largest absolute Gasteiger partial charge is 0.469 e. The summed E-state index contributed by atoms with van der Waals surface area (Å²) in [4.78, 5) is 21.0. The summed E-state index contributed by atoms with van der Waals surface area (Å²) in [6.07, 6.45) is -0.0388. The lowest BCUT2D eigenvalue weighted by molar-refractivity contribution is -0.140. The first-order chi connectivity index (χ1) is 8.99. The summed E-state index contributed by atoms with van der Waals surface area (Å²) in [6, 6.07) is 5.77. The van der Waals surface area contributed by atoms with Crippen LogP contribution >= 0.6 is 0 Å². The molecule has 1 aromatic carbocycles. The van der Waals surface area contributed by atoms with Crippen molar-refractivity contribution in [2.24, 2.45) is 5.18 Å². The highest BCUT2D eigenvalue weighted by molar-refractivity contribution is 7.89. The highest BCUT2D eigenvalue weighted by atomic mass is 32.2. The molecule has 1 rings (SSSR count). The zero-order valence-electron chi connectivity index (χ0n) is 10.3. The van der Waals surface area contributed by atoms with Gasteiger partial charge < -0.3 is 4.74 Å². The van der Waals surface area contributed by atoms with E-state index in [4.69, 9.17) is 0 Å². The van der Waals surface area contributed by atoms with Crippen LogP contribution < -0.4 is 4.72 Å². The van der Waals surface area contributed by atoms with E-state index in [-0.39, 0.29) is 24.4 Å². The molecule has 104 valence electrons. The molecule has 0 saturated carbocycles. The number of rotatable bonds is 7. The second-order valence-corrected chi connectivity index (χ2v) is 5.42. The molecule has 1 aromatic rings. The number of carbonyl (C=O) groups is 1. The Balaban J connectivity index is 2.66. The Morgan fingerprint density at radius 3 is 2.47 bits per heavy atom. The Kier molecular flexibility index (Phi) is 5.58. The van der Waals surface area contributed by atoms with Crippen LogP contribution in [0.2, 0.25) is 0 Å². The first-order valence-corrected chi connectivity index (χ1v) is 6.92. The van der Waals surface area contributed by atoms with Crippen LogP contribution in [0, 0.1) is 4.91 Å². The number of ether oxygens (including phenoxy) is 1. The normalized spacial score (nSPS) is 11.0. The third-order valence-corrected chi connectivity index (χ3v) is 3.81. The molecule has 0 radical (unpaired) electrons. The first-order valence-electron chi connectivity index (χ1n) is 5.44. The Labute approximate surface area is 111 Å². The molecule has 8 heteroatoms. The fourth-order valence-corrected chi connectivity index (χ4v) is 2.35. The van der Waals surface area contributed by atoms with Crippen molar-refractivity contribution >= 4 is 16.0 Å². The van der Waals surface area contributed by atoms with Crippen LogP contribution in [0.25, 0.3) is 0 Å². The smallest absolute Gasteiger partial charge is 0.306 e. The summed E-state index contributed by atoms with van der Waals surface area (Å²) in [5.41, 5.74) is 0.628. The number of sulfonamides is 1. The van der Waals surface area contributed by atoms with Gasteiger partial charge in [-0.15, -0.1) is 0 Å². The number of nitrogens with zero attached hydrogens (tertiary/aromatic N) is 1. The Morgan fingerprint density at radius 2 is 1.95 bits per heavy atom. The van der Waals surface area contributed by atoms with Gasteiger partial charge in [0.25, 0.3) is 0 Å². The highest BCUT2D eigenvalue weighted by Crippen LogP contribution is 2.11. The molecule has 0 aromatic heterocycles. The predicted molar refractivity (Wildman–Crippen MR) is 67.8 cm³/mol. The van der Waals surface area contributed by atoms with E-state index in [2.05, 4.69) is 14.6 Å². The van der Waals surface area contributed by atoms with Crippen LogP contribution in [-0.2, 0) is 26.1 Å². The lowest BCUT2D eigenvalue weighted by Gasteiger charge is -2.06. The third-order valence-electron chi connectivity index (χ3n) is 2.33. The van der Waals surface area contributed by atoms with E-state index in [1.54, 1.807) is 0 Å². The van der Waals surface area contributed by atoms with Gasteiger partial charge in [0.05, 0.1) is 18.4 Å². The Morgan fingerprint density at radius 1 is 1.32 bits per heavy atom. The fraction of sp³-hybridized carbons (Fsp3) is 0.364. The van der Waals surface area contributed by atoms with Gasteiger partial charge in [-0.1, -0.05) is 17.3 Å². The molecule has 7 nitrogen and oxygen atoms in total. The number of carbonyl (C=O) groups excluding carboxylic acids is 1. The summed E-state index contributed by atoms with van der Waals surface area (Å²) in [6.45, 7) is -0.0389. The molecule has 0 unspecified atom stereocenters. The Hall–Kier alpha value is -1.80. The molecule has 0 aliphatic carbocycles. The van der Waals surface area contributed by atoms with Crippen LogP contribution in [0.4, 0.5) is 0 Å². The SMILES string of the molecule is COC(=O)CCNS(=O)(=O)c1ccc(CN=O)cc1. The van der Waals surface area contributed by atoms with Crippen molar-refractivity contribution in [3.63, 3.8) is 0 Å². The molecule has 0 atom stereocenters. The third kappa shape index (κ3) is 4.76. The van der Waals surface area contributed by atoms with Crippen molar-refractivity contribution in [2.75, 3.05) is 13.7 Å². The van der Waals surface area contributed by atoms with Crippen LogP contribution in [0.3, 0.4) is 0 Å². The van der Waals surface area contributed by atoms with Crippen molar-refractivity contribution in [3.05, 3.63) is 34.7 Å². The van der Waals surface area contributed by atoms with Crippen molar-refractivity contribution < 1.29 is 17.9 Å². The van der Waals surface area contributed by atoms with Gasteiger partial charge in [-0.05, 0) is 17.7 Å². The quantitative estimate of drug-likeness (QED) is 0.590. The van der Waals surface area contributed by atoms with Gasteiger partial charge in [-0.3, -0.25) is 4.79 Å². The van der Waals surface area contributed by atoms with Crippen LogP contribution in [0.15, 0.2) is 34.3 Å². The number of benzene rings is 1. The fourth-order valence-electron chi connectivity index (χ4n) is 1.32. The molecular formula is C11H14N2O5S.